The Hall–Kier alpha value is -1.80. The van der Waals surface area contributed by atoms with E-state index in [1.165, 1.54) is 141 Å². The largest absolute Gasteiger partial charge is 0.373 e. The molecule has 0 bridgehead atoms. The van der Waals surface area contributed by atoms with Gasteiger partial charge in [-0.1, -0.05) is 212 Å². The molecule has 13 heteroatoms. The monoisotopic (exact) mass is 1540 g/mol. The maximum absolute atomic E-state index is 11.0. The summed E-state index contributed by atoms with van der Waals surface area (Å²) < 4.78 is 44.2. The molecule has 0 N–H and O–H groups in total. The predicted molar refractivity (Wildman–Crippen MR) is 459 cm³/mol. The van der Waals surface area contributed by atoms with E-state index < -0.39 is 9.84 Å². The second-order valence-corrected chi connectivity index (χ2v) is 44.1. The number of carbonyl (C=O) groups excluding carboxylic acids is 3. The van der Waals surface area contributed by atoms with E-state index in [1.54, 1.807) is 20.8 Å². The molecule has 0 aromatic heterocycles. The first kappa shape index (κ1) is 100. The smallest absolute Gasteiger partial charge is 0.219 e. The number of fused-ring (bicyclic) bond motifs is 2. The average Bonchev–Trinajstić information content (AvgIpc) is 1.65. The molecular formula is C95H183N3O9S. The first-order valence-corrected chi connectivity index (χ1v) is 47.3. The van der Waals surface area contributed by atoms with Gasteiger partial charge in [0.25, 0.3) is 0 Å². The number of sulfone groups is 1. The van der Waals surface area contributed by atoms with Gasteiger partial charge in [0, 0.05) is 60.0 Å². The summed E-state index contributed by atoms with van der Waals surface area (Å²) in [4.78, 5) is 38.6. The van der Waals surface area contributed by atoms with E-state index in [2.05, 4.69) is 173 Å². The van der Waals surface area contributed by atoms with E-state index >= 15 is 0 Å². The number of hydrogen-bond donors (Lipinski definition) is 0. The molecule has 13 rings (SSSR count). The number of amides is 3. The molecule has 3 aliphatic heterocycles. The molecular weight excluding hydrogens is 1360 g/mol. The van der Waals surface area contributed by atoms with Crippen LogP contribution in [0.5, 0.6) is 0 Å². The van der Waals surface area contributed by atoms with E-state index in [4.69, 9.17) is 18.9 Å². The number of carbonyl (C=O) groups is 3. The molecule has 13 aliphatic rings. The zero-order chi connectivity index (χ0) is 82.2. The van der Waals surface area contributed by atoms with Crippen LogP contribution in [0.15, 0.2) is 0 Å². The Morgan fingerprint density at radius 1 is 0.306 bits per heavy atom. The van der Waals surface area contributed by atoms with Crippen LogP contribution in [0.25, 0.3) is 0 Å². The van der Waals surface area contributed by atoms with Gasteiger partial charge >= 0.3 is 0 Å². The summed E-state index contributed by atoms with van der Waals surface area (Å²) in [5.41, 5.74) is 0. The molecule has 5 atom stereocenters. The Balaban J connectivity index is 0.000000310. The highest BCUT2D eigenvalue weighted by atomic mass is 32.2. The van der Waals surface area contributed by atoms with Crippen LogP contribution >= 0.6 is 0 Å². The van der Waals surface area contributed by atoms with Gasteiger partial charge in [-0.15, -0.1) is 0 Å². The Morgan fingerprint density at radius 3 is 0.639 bits per heavy atom. The summed E-state index contributed by atoms with van der Waals surface area (Å²) in [6.45, 7) is 67.7. The van der Waals surface area contributed by atoms with E-state index in [9.17, 15) is 22.8 Å². The molecule has 10 aliphatic carbocycles. The van der Waals surface area contributed by atoms with E-state index in [1.807, 2.05) is 49.7 Å². The van der Waals surface area contributed by atoms with Crippen molar-refractivity contribution in [3.05, 3.63) is 0 Å². The van der Waals surface area contributed by atoms with Crippen molar-refractivity contribution in [2.24, 2.45) is 148 Å². The normalized spacial score (nSPS) is 32.7. The molecule has 3 saturated heterocycles. The number of nitrogens with zero attached hydrogens (tertiary/aromatic N) is 3. The first-order valence-electron chi connectivity index (χ1n) is 45.5. The highest BCUT2D eigenvalue weighted by Crippen LogP contribution is 2.45. The highest BCUT2D eigenvalue weighted by molar-refractivity contribution is 7.92. The van der Waals surface area contributed by atoms with Crippen molar-refractivity contribution in [3.63, 3.8) is 0 Å². The molecule has 0 spiro atoms. The summed E-state index contributed by atoms with van der Waals surface area (Å²) in [6, 6.07) is 1.57. The maximum atomic E-state index is 11.0. The van der Waals surface area contributed by atoms with Gasteiger partial charge in [0.15, 0.2) is 15.6 Å². The van der Waals surface area contributed by atoms with E-state index in [0.717, 1.165) is 149 Å². The minimum absolute atomic E-state index is 0.196. The van der Waals surface area contributed by atoms with Crippen molar-refractivity contribution in [3.8, 4) is 0 Å². The molecule has 3 heterocycles. The minimum Gasteiger partial charge on any atom is -0.373 e. The molecule has 0 aromatic carbocycles. The van der Waals surface area contributed by atoms with Crippen LogP contribution in [0.3, 0.4) is 0 Å². The Morgan fingerprint density at radius 2 is 0.500 bits per heavy atom. The lowest BCUT2D eigenvalue weighted by atomic mass is 9.71. The van der Waals surface area contributed by atoms with Gasteiger partial charge in [0.05, 0.1) is 49.1 Å². The van der Waals surface area contributed by atoms with Gasteiger partial charge in [0.1, 0.15) is 0 Å². The molecule has 3 amide bonds. The van der Waals surface area contributed by atoms with Crippen LogP contribution in [0.4, 0.5) is 0 Å². The fourth-order valence-corrected chi connectivity index (χ4v) is 19.8. The topological polar surface area (TPSA) is 132 Å². The van der Waals surface area contributed by atoms with Crippen molar-refractivity contribution >= 4 is 27.6 Å². The van der Waals surface area contributed by atoms with Gasteiger partial charge in [0.2, 0.25) is 17.7 Å². The Labute approximate surface area is 671 Å². The van der Waals surface area contributed by atoms with Crippen molar-refractivity contribution in [2.45, 2.75) is 397 Å². The standard InChI is InChI=1S/C11H20O2.3C10H19NO.C10H18O2.3C8H16.2C7H14.C6H12O2S/c1-7(2)8-5-9-10(6-8)13-11(3,4)12-9;3*1-7(2)9-5-10(6-9)11(4)8(3)12;1-7(2)8-5-9-10(6-8)12-4-3-11-9;3*1-6(2)8-4-7(3)5-8;2*1-6(2)7-4-3-5-7;1-5(2)6-3-9(7,8)4-6/h7-10H,5-6H2,1-4H3;3*7,9-10H,5-6H2,1-4H3;7-10H,3-6H2,1-2H3;3*6-8H,4-5H2,1-3H3;2*6-7H,3-5H2,1-2H3;5-6H,3-4H2,1-2H3/t8?,9-,10+;;;;;;;;;;. The van der Waals surface area contributed by atoms with E-state index in [-0.39, 0.29) is 23.5 Å². The summed E-state index contributed by atoms with van der Waals surface area (Å²) in [7, 11) is 3.14. The van der Waals surface area contributed by atoms with Gasteiger partial charge in [-0.3, -0.25) is 14.4 Å². The first-order chi connectivity index (χ1) is 50.0. The average molecular weight is 1540 g/mol. The third-order valence-electron chi connectivity index (χ3n) is 29.0. The molecule has 0 radical (unpaired) electrons. The lowest BCUT2D eigenvalue weighted by Crippen LogP contribution is -2.46. The molecule has 10 saturated carbocycles. The second-order valence-electron chi connectivity index (χ2n) is 42.0. The zero-order valence-corrected chi connectivity index (χ0v) is 78.1. The lowest BCUT2D eigenvalue weighted by molar-refractivity contribution is -0.154. The third kappa shape index (κ3) is 35.3. The molecule has 108 heavy (non-hydrogen) atoms. The molecule has 638 valence electrons. The van der Waals surface area contributed by atoms with Gasteiger partial charge in [-0.05, 0) is 265 Å². The summed E-state index contributed by atoms with van der Waals surface area (Å²) in [5, 5.41) is 0. The number of rotatable bonds is 14. The number of hydrogen-bond acceptors (Lipinski definition) is 9. The SMILES string of the molecule is CC(=O)N(C)C1CC(C(C)C)C1.CC(=O)N(C)C1CC(C(C)C)C1.CC(=O)N(C)C1CC(C(C)C)C1.CC(C)C1CC2OCCOC2C1.CC(C)C1CCC1.CC(C)C1CCC1.CC(C)C1CS(=O)(=O)C1.CC(C)C1C[C@@H]2OC(C)(C)O[C@@H]2C1.CC1CC(C(C)C)C1.CC1CC(C(C)C)C1.CC1CC(C(C)C)C1. The lowest BCUT2D eigenvalue weighted by Gasteiger charge is -2.42. The van der Waals surface area contributed by atoms with Crippen molar-refractivity contribution < 1.29 is 41.7 Å². The summed E-state index contributed by atoms with van der Waals surface area (Å²) >= 11 is 0. The molecule has 3 unspecified atom stereocenters. The van der Waals surface area contributed by atoms with Crippen LogP contribution in [-0.4, -0.2) is 135 Å². The highest BCUT2D eigenvalue weighted by Gasteiger charge is 2.48. The van der Waals surface area contributed by atoms with Crippen molar-refractivity contribution in [1.82, 2.24) is 14.7 Å². The quantitative estimate of drug-likeness (QED) is 0.167. The molecule has 13 fully saturated rings. The van der Waals surface area contributed by atoms with Crippen molar-refractivity contribution in [2.75, 3.05) is 45.9 Å². The van der Waals surface area contributed by atoms with E-state index in [0.29, 0.717) is 65.9 Å². The molecule has 0 aromatic rings. The fraction of sp³-hybridized carbons (Fsp3) is 0.968. The predicted octanol–water partition coefficient (Wildman–Crippen LogP) is 23.7. The maximum Gasteiger partial charge on any atom is 0.219 e. The van der Waals surface area contributed by atoms with Gasteiger partial charge in [-0.25, -0.2) is 8.42 Å². The van der Waals surface area contributed by atoms with Crippen LogP contribution < -0.4 is 0 Å². The Kier molecular flexibility index (Phi) is 44.7. The Bertz CT molecular complexity index is 2350. The number of ether oxygens (including phenoxy) is 4. The third-order valence-corrected chi connectivity index (χ3v) is 30.9. The fourth-order valence-electron chi connectivity index (χ4n) is 17.8. The van der Waals surface area contributed by atoms with Crippen molar-refractivity contribution in [1.29, 1.82) is 0 Å². The van der Waals surface area contributed by atoms with Crippen LogP contribution in [0.1, 0.15) is 349 Å². The zero-order valence-electron chi connectivity index (χ0n) is 77.3. The van der Waals surface area contributed by atoms with Crippen LogP contribution in [0, 0.1) is 148 Å². The summed E-state index contributed by atoms with van der Waals surface area (Å²) in [5.74, 6) is 23.3. The minimum atomic E-state index is -2.58. The van der Waals surface area contributed by atoms with Crippen LogP contribution in [0.2, 0.25) is 0 Å². The van der Waals surface area contributed by atoms with Gasteiger partial charge in [-0.2, -0.15) is 0 Å². The van der Waals surface area contributed by atoms with Crippen LogP contribution in [-0.2, 0) is 43.2 Å². The molecule has 12 nitrogen and oxygen atoms in total. The summed E-state index contributed by atoms with van der Waals surface area (Å²) in [6.07, 6.45) is 31.4. The second kappa shape index (κ2) is 48.0. The van der Waals surface area contributed by atoms with Gasteiger partial charge < -0.3 is 33.6 Å².